The van der Waals surface area contributed by atoms with Crippen LogP contribution in [0.1, 0.15) is 38.2 Å². The normalized spacial score (nSPS) is 19.3. The molecule has 1 fully saturated rings. The van der Waals surface area contributed by atoms with Crippen molar-refractivity contribution in [2.45, 2.75) is 45.1 Å². The van der Waals surface area contributed by atoms with E-state index in [1.54, 1.807) is 4.90 Å². The molecule has 0 saturated carbocycles. The molecule has 0 radical (unpaired) electrons. The summed E-state index contributed by atoms with van der Waals surface area (Å²) in [4.78, 5) is 29.7. The van der Waals surface area contributed by atoms with Crippen LogP contribution in [0.3, 0.4) is 0 Å². The Morgan fingerprint density at radius 1 is 1.22 bits per heavy atom. The van der Waals surface area contributed by atoms with Gasteiger partial charge in [0.2, 0.25) is 11.8 Å². The second-order valence-corrected chi connectivity index (χ2v) is 7.27. The van der Waals surface area contributed by atoms with Crippen molar-refractivity contribution in [1.82, 2.24) is 10.2 Å². The summed E-state index contributed by atoms with van der Waals surface area (Å²) in [6, 6.07) is 7.53. The van der Waals surface area contributed by atoms with E-state index in [1.807, 2.05) is 25.1 Å². The first-order chi connectivity index (χ1) is 13.2. The van der Waals surface area contributed by atoms with Crippen molar-refractivity contribution in [2.24, 2.45) is 0 Å². The third-order valence-electron chi connectivity index (χ3n) is 5.41. The number of carbonyl (C=O) groups excluding carboxylic acids is 2. The average molecular weight is 373 g/mol. The smallest absolute Gasteiger partial charge is 0.243 e. The summed E-state index contributed by atoms with van der Waals surface area (Å²) >= 11 is 0. The van der Waals surface area contributed by atoms with E-state index in [9.17, 15) is 9.59 Å². The number of para-hydroxylation sites is 1. The summed E-state index contributed by atoms with van der Waals surface area (Å²) in [7, 11) is 0. The van der Waals surface area contributed by atoms with Crippen LogP contribution in [0, 0.1) is 0 Å². The third-order valence-corrected chi connectivity index (χ3v) is 5.41. The third kappa shape index (κ3) is 5.08. The highest BCUT2D eigenvalue weighted by Crippen LogP contribution is 2.29. The van der Waals surface area contributed by atoms with E-state index >= 15 is 0 Å². The molecule has 1 atom stereocenters. The number of anilines is 1. The predicted octanol–water partition coefficient (Wildman–Crippen LogP) is 1.97. The number of benzene rings is 1. The molecule has 2 heterocycles. The zero-order valence-electron chi connectivity index (χ0n) is 16.3. The first-order valence-corrected chi connectivity index (χ1v) is 10.2. The molecule has 3 rings (SSSR count). The molecule has 1 aromatic carbocycles. The van der Waals surface area contributed by atoms with Crippen LogP contribution in [0.4, 0.5) is 5.69 Å². The van der Waals surface area contributed by atoms with Gasteiger partial charge in [-0.1, -0.05) is 25.1 Å². The molecule has 148 valence electrons. The number of rotatable bonds is 7. The lowest BCUT2D eigenvalue weighted by Gasteiger charge is -2.31. The fraction of sp³-hybridized carbons (Fsp3) is 0.619. The predicted molar refractivity (Wildman–Crippen MR) is 106 cm³/mol. The van der Waals surface area contributed by atoms with Crippen LogP contribution in [-0.2, 0) is 20.7 Å². The van der Waals surface area contributed by atoms with E-state index in [-0.39, 0.29) is 11.8 Å². The maximum absolute atomic E-state index is 12.9. The van der Waals surface area contributed by atoms with Gasteiger partial charge in [-0.3, -0.25) is 19.4 Å². The molecule has 0 bridgehead atoms. The minimum absolute atomic E-state index is 0.0512. The zero-order chi connectivity index (χ0) is 19.1. The second kappa shape index (κ2) is 9.85. The summed E-state index contributed by atoms with van der Waals surface area (Å²) in [6.45, 7) is 7.08. The Hall–Kier alpha value is -1.92. The van der Waals surface area contributed by atoms with Crippen LogP contribution in [-0.4, -0.2) is 62.1 Å². The second-order valence-electron chi connectivity index (χ2n) is 7.27. The van der Waals surface area contributed by atoms with E-state index in [1.165, 1.54) is 0 Å². The molecular weight excluding hydrogens is 342 g/mol. The molecular formula is C21H31N3O3. The van der Waals surface area contributed by atoms with Gasteiger partial charge in [-0.05, 0) is 43.9 Å². The van der Waals surface area contributed by atoms with Gasteiger partial charge >= 0.3 is 0 Å². The van der Waals surface area contributed by atoms with Crippen LogP contribution in [0.2, 0.25) is 0 Å². The van der Waals surface area contributed by atoms with E-state index in [4.69, 9.17) is 4.74 Å². The number of amides is 2. The first kappa shape index (κ1) is 19.8. The lowest BCUT2D eigenvalue weighted by Crippen LogP contribution is -2.50. The van der Waals surface area contributed by atoms with Crippen molar-refractivity contribution < 1.29 is 14.3 Å². The molecule has 0 aliphatic carbocycles. The Bertz CT molecular complexity index is 643. The minimum Gasteiger partial charge on any atom is -0.379 e. The molecule has 6 nitrogen and oxygen atoms in total. The van der Waals surface area contributed by atoms with Crippen LogP contribution < -0.4 is 10.2 Å². The van der Waals surface area contributed by atoms with Crippen molar-refractivity contribution >= 4 is 17.5 Å². The number of fused-ring (bicyclic) bond motifs is 1. The molecule has 0 spiro atoms. The van der Waals surface area contributed by atoms with Gasteiger partial charge in [0.15, 0.2) is 0 Å². The van der Waals surface area contributed by atoms with Crippen molar-refractivity contribution in [3.05, 3.63) is 29.8 Å². The molecule has 1 aromatic rings. The Morgan fingerprint density at radius 3 is 2.78 bits per heavy atom. The van der Waals surface area contributed by atoms with E-state index in [2.05, 4.69) is 16.3 Å². The maximum Gasteiger partial charge on any atom is 0.243 e. The summed E-state index contributed by atoms with van der Waals surface area (Å²) < 4.78 is 5.36. The maximum atomic E-state index is 12.9. The molecule has 2 aliphatic heterocycles. The average Bonchev–Trinajstić information content (AvgIpc) is 2.86. The SMILES string of the molecule is CC[C@@H](C(=O)NCCCN1CCOCC1)N1C(=O)CCCc2ccccc21. The quantitative estimate of drug-likeness (QED) is 0.743. The number of hydrogen-bond acceptors (Lipinski definition) is 4. The van der Waals surface area contributed by atoms with Crippen LogP contribution in [0.15, 0.2) is 24.3 Å². The summed E-state index contributed by atoms with van der Waals surface area (Å²) in [6.07, 6.45) is 3.73. The highest BCUT2D eigenvalue weighted by Gasteiger charge is 2.32. The highest BCUT2D eigenvalue weighted by molar-refractivity contribution is 6.01. The topological polar surface area (TPSA) is 61.9 Å². The first-order valence-electron chi connectivity index (χ1n) is 10.2. The Balaban J connectivity index is 1.59. The molecule has 0 aromatic heterocycles. The van der Waals surface area contributed by atoms with Gasteiger partial charge in [0, 0.05) is 31.7 Å². The Labute approximate surface area is 161 Å². The molecule has 2 aliphatic rings. The molecule has 6 heteroatoms. The summed E-state index contributed by atoms with van der Waals surface area (Å²) in [5.74, 6) is -0.000188. The van der Waals surface area contributed by atoms with E-state index in [0.29, 0.717) is 19.4 Å². The standard InChI is InChI=1S/C21H31N3O3/c1-2-18(21(26)22-11-6-12-23-13-15-27-16-14-23)24-19-9-4-3-7-17(19)8-5-10-20(24)25/h3-4,7,9,18H,2,5-6,8,10-16H2,1H3,(H,22,26)/t18-/m0/s1. The van der Waals surface area contributed by atoms with Gasteiger partial charge < -0.3 is 10.1 Å². The van der Waals surface area contributed by atoms with E-state index in [0.717, 1.165) is 63.4 Å². The lowest BCUT2D eigenvalue weighted by molar-refractivity contribution is -0.126. The Kier molecular flexibility index (Phi) is 7.24. The van der Waals surface area contributed by atoms with Gasteiger partial charge in [0.05, 0.1) is 13.2 Å². The molecule has 0 unspecified atom stereocenters. The largest absolute Gasteiger partial charge is 0.379 e. The monoisotopic (exact) mass is 373 g/mol. The van der Waals surface area contributed by atoms with Gasteiger partial charge in [-0.25, -0.2) is 0 Å². The molecule has 1 saturated heterocycles. The lowest BCUT2D eigenvalue weighted by atomic mass is 10.1. The van der Waals surface area contributed by atoms with Crippen molar-refractivity contribution in [1.29, 1.82) is 0 Å². The Morgan fingerprint density at radius 2 is 2.00 bits per heavy atom. The number of nitrogens with one attached hydrogen (secondary N) is 1. The number of ether oxygens (including phenoxy) is 1. The summed E-state index contributed by atoms with van der Waals surface area (Å²) in [5, 5.41) is 3.05. The number of hydrogen-bond donors (Lipinski definition) is 1. The fourth-order valence-electron chi connectivity index (χ4n) is 3.93. The van der Waals surface area contributed by atoms with Crippen molar-refractivity contribution in [3.8, 4) is 0 Å². The van der Waals surface area contributed by atoms with Crippen molar-refractivity contribution in [2.75, 3.05) is 44.3 Å². The van der Waals surface area contributed by atoms with Gasteiger partial charge in [-0.15, -0.1) is 0 Å². The van der Waals surface area contributed by atoms with Gasteiger partial charge in [0.1, 0.15) is 6.04 Å². The van der Waals surface area contributed by atoms with E-state index < -0.39 is 6.04 Å². The number of morpholine rings is 1. The molecule has 1 N–H and O–H groups in total. The van der Waals surface area contributed by atoms with Gasteiger partial charge in [-0.2, -0.15) is 0 Å². The zero-order valence-corrected chi connectivity index (χ0v) is 16.3. The van der Waals surface area contributed by atoms with Crippen LogP contribution in [0.25, 0.3) is 0 Å². The van der Waals surface area contributed by atoms with Crippen molar-refractivity contribution in [3.63, 3.8) is 0 Å². The number of carbonyl (C=O) groups is 2. The highest BCUT2D eigenvalue weighted by atomic mass is 16.5. The number of nitrogens with zero attached hydrogens (tertiary/aromatic N) is 2. The van der Waals surface area contributed by atoms with Gasteiger partial charge in [0.25, 0.3) is 0 Å². The van der Waals surface area contributed by atoms with Crippen LogP contribution >= 0.6 is 0 Å². The minimum atomic E-state index is -0.444. The van der Waals surface area contributed by atoms with Crippen LogP contribution in [0.5, 0.6) is 0 Å². The summed E-state index contributed by atoms with van der Waals surface area (Å²) in [5.41, 5.74) is 2.05. The molecule has 27 heavy (non-hydrogen) atoms. The fourth-order valence-corrected chi connectivity index (χ4v) is 3.93. The number of aryl methyl sites for hydroxylation is 1. The molecule has 2 amide bonds.